The summed E-state index contributed by atoms with van der Waals surface area (Å²) in [6.45, 7) is 7.57. The van der Waals surface area contributed by atoms with Gasteiger partial charge in [-0.25, -0.2) is 14.4 Å². The number of hydrogen-bond acceptors (Lipinski definition) is 11. The predicted molar refractivity (Wildman–Crippen MR) is 183 cm³/mol. The summed E-state index contributed by atoms with van der Waals surface area (Å²) in [5.41, 5.74) is 0. The first kappa shape index (κ1) is 46.8. The van der Waals surface area contributed by atoms with Gasteiger partial charge in [-0.2, -0.15) is 0 Å². The summed E-state index contributed by atoms with van der Waals surface area (Å²) >= 11 is 0. The van der Waals surface area contributed by atoms with Crippen molar-refractivity contribution in [2.24, 2.45) is 0 Å². The highest BCUT2D eigenvalue weighted by molar-refractivity contribution is 5.93. The number of unbranched alkanes of at least 4 members (excludes halogenated alkanes) is 1. The Morgan fingerprint density at radius 1 is 0.596 bits per heavy atom. The molecule has 5 atom stereocenters. The zero-order valence-electron chi connectivity index (χ0n) is 29.6. The SMILES string of the molecule is C=CC(=O)C(CCCCNC(=O)CCC(NC(=O)CCC(NC(=O)CCC(C=O)NC(=O)CCC(NC(C)=O)C(=O)O)C(=O)O)C(=O)O)NCCC. The molecule has 0 aromatic carbocycles. The van der Waals surface area contributed by atoms with Crippen molar-refractivity contribution in [1.29, 1.82) is 0 Å². The van der Waals surface area contributed by atoms with Gasteiger partial charge < -0.3 is 52.0 Å². The molecule has 0 aliphatic heterocycles. The minimum absolute atomic E-state index is 0.110. The van der Waals surface area contributed by atoms with Gasteiger partial charge in [0, 0.05) is 39.2 Å². The third-order valence-electron chi connectivity index (χ3n) is 7.54. The van der Waals surface area contributed by atoms with Gasteiger partial charge >= 0.3 is 17.9 Å². The molecule has 52 heavy (non-hydrogen) atoms. The zero-order valence-corrected chi connectivity index (χ0v) is 29.6. The number of carboxylic acids is 3. The van der Waals surface area contributed by atoms with Crippen LogP contribution in [0.5, 0.6) is 0 Å². The van der Waals surface area contributed by atoms with Crippen molar-refractivity contribution in [3.05, 3.63) is 12.7 Å². The standard InChI is InChI=1S/C33H52N6O13/c1-4-17-34-22(26(42)5-2)8-6-7-18-35-27(43)14-10-24(32(49)50)39-30(46)16-12-25(33(51)52)38-29(45)13-9-21(19-40)37-28(44)15-11-23(31(47)48)36-20(3)41/h5,19,21-25,34H,2,4,6-18H2,1,3H3,(H,35,43)(H,36,41)(H,37,44)(H,38,45)(H,39,46)(H,47,48)(H,49,50)(H,51,52). The summed E-state index contributed by atoms with van der Waals surface area (Å²) in [6.07, 6.45) is 1.63. The largest absolute Gasteiger partial charge is 0.480 e. The van der Waals surface area contributed by atoms with E-state index in [-0.39, 0.29) is 43.9 Å². The van der Waals surface area contributed by atoms with E-state index in [0.29, 0.717) is 38.6 Å². The number of aldehydes is 1. The van der Waals surface area contributed by atoms with Crippen LogP contribution in [0.15, 0.2) is 12.7 Å². The first-order valence-electron chi connectivity index (χ1n) is 17.0. The monoisotopic (exact) mass is 740 g/mol. The number of amides is 5. The van der Waals surface area contributed by atoms with Crippen LogP contribution in [-0.2, 0) is 47.9 Å². The number of nitrogens with one attached hydrogen (secondary N) is 6. The Hall–Kier alpha value is -5.20. The quantitative estimate of drug-likeness (QED) is 0.0241. The molecule has 9 N–H and O–H groups in total. The number of hydrogen-bond donors (Lipinski definition) is 9. The van der Waals surface area contributed by atoms with Crippen molar-refractivity contribution in [2.75, 3.05) is 13.1 Å². The van der Waals surface area contributed by atoms with Crippen LogP contribution >= 0.6 is 0 Å². The van der Waals surface area contributed by atoms with Gasteiger partial charge in [0.2, 0.25) is 29.5 Å². The molecule has 0 rings (SSSR count). The number of carbonyl (C=O) groups is 10. The van der Waals surface area contributed by atoms with Crippen LogP contribution in [-0.4, -0.2) is 118 Å². The second-order valence-electron chi connectivity index (χ2n) is 11.9. The third kappa shape index (κ3) is 21.8. The summed E-state index contributed by atoms with van der Waals surface area (Å²) in [6, 6.07) is -5.83. The van der Waals surface area contributed by atoms with Crippen molar-refractivity contribution in [1.82, 2.24) is 31.9 Å². The van der Waals surface area contributed by atoms with Gasteiger partial charge in [0.1, 0.15) is 24.4 Å². The maximum Gasteiger partial charge on any atom is 0.326 e. The lowest BCUT2D eigenvalue weighted by Gasteiger charge is -2.18. The molecule has 19 heteroatoms. The smallest absolute Gasteiger partial charge is 0.326 e. The Balaban J connectivity index is 4.71. The highest BCUT2D eigenvalue weighted by atomic mass is 16.4. The van der Waals surface area contributed by atoms with Gasteiger partial charge in [0.25, 0.3) is 0 Å². The van der Waals surface area contributed by atoms with Gasteiger partial charge in [-0.05, 0) is 64.0 Å². The predicted octanol–water partition coefficient (Wildman–Crippen LogP) is -1.07. The molecule has 19 nitrogen and oxygen atoms in total. The highest BCUT2D eigenvalue weighted by Crippen LogP contribution is 2.06. The first-order chi connectivity index (χ1) is 24.5. The zero-order chi connectivity index (χ0) is 39.6. The minimum Gasteiger partial charge on any atom is -0.480 e. The van der Waals surface area contributed by atoms with Crippen LogP contribution in [0, 0.1) is 0 Å². The minimum atomic E-state index is -1.55. The molecule has 5 unspecified atom stereocenters. The highest BCUT2D eigenvalue weighted by Gasteiger charge is 2.26. The number of rotatable bonds is 30. The second-order valence-corrected chi connectivity index (χ2v) is 11.9. The molecule has 0 fully saturated rings. The number of aliphatic carboxylic acids is 3. The Bertz CT molecular complexity index is 1270. The summed E-state index contributed by atoms with van der Waals surface area (Å²) in [4.78, 5) is 118. The van der Waals surface area contributed by atoms with Gasteiger partial charge in [-0.1, -0.05) is 13.5 Å². The van der Waals surface area contributed by atoms with Gasteiger partial charge in [-0.3, -0.25) is 28.8 Å². The Labute approximate surface area is 301 Å². The fraction of sp³-hybridized carbons (Fsp3) is 0.636. The van der Waals surface area contributed by atoms with E-state index in [1.165, 1.54) is 6.08 Å². The first-order valence-corrected chi connectivity index (χ1v) is 17.0. The third-order valence-corrected chi connectivity index (χ3v) is 7.54. The van der Waals surface area contributed by atoms with E-state index < -0.39 is 90.9 Å². The van der Waals surface area contributed by atoms with E-state index in [0.717, 1.165) is 13.3 Å². The molecule has 0 saturated carbocycles. The van der Waals surface area contributed by atoms with E-state index in [1.54, 1.807) is 0 Å². The molecule has 0 aromatic rings. The Kier molecular flexibility index (Phi) is 23.9. The maximum atomic E-state index is 12.4. The average molecular weight is 741 g/mol. The van der Waals surface area contributed by atoms with E-state index in [2.05, 4.69) is 38.5 Å². The van der Waals surface area contributed by atoms with Crippen LogP contribution in [0.3, 0.4) is 0 Å². The molecule has 0 aliphatic carbocycles. The lowest BCUT2D eigenvalue weighted by molar-refractivity contribution is -0.143. The maximum absolute atomic E-state index is 12.4. The molecular formula is C33H52N6O13. The molecular weight excluding hydrogens is 688 g/mol. The number of carbonyl (C=O) groups excluding carboxylic acids is 7. The van der Waals surface area contributed by atoms with E-state index in [1.807, 2.05) is 6.92 Å². The van der Waals surface area contributed by atoms with Crippen LogP contribution < -0.4 is 31.9 Å². The van der Waals surface area contributed by atoms with Crippen molar-refractivity contribution in [2.45, 2.75) is 121 Å². The van der Waals surface area contributed by atoms with Crippen molar-refractivity contribution in [3.8, 4) is 0 Å². The topological polar surface area (TPSA) is 304 Å². The summed E-state index contributed by atoms with van der Waals surface area (Å²) in [5.74, 6) is -7.79. The fourth-order valence-corrected chi connectivity index (χ4v) is 4.71. The van der Waals surface area contributed by atoms with E-state index in [9.17, 15) is 58.2 Å². The average Bonchev–Trinajstić information content (AvgIpc) is 3.08. The summed E-state index contributed by atoms with van der Waals surface area (Å²) in [5, 5.41) is 42.8. The number of carboxylic acid groups (broad SMARTS) is 3. The molecule has 0 bridgehead atoms. The van der Waals surface area contributed by atoms with Crippen molar-refractivity contribution in [3.63, 3.8) is 0 Å². The van der Waals surface area contributed by atoms with Crippen LogP contribution in [0.4, 0.5) is 0 Å². The fourth-order valence-electron chi connectivity index (χ4n) is 4.71. The van der Waals surface area contributed by atoms with E-state index >= 15 is 0 Å². The summed E-state index contributed by atoms with van der Waals surface area (Å²) in [7, 11) is 0. The van der Waals surface area contributed by atoms with Crippen LogP contribution in [0.2, 0.25) is 0 Å². The lowest BCUT2D eigenvalue weighted by atomic mass is 10.0. The molecule has 0 saturated heterocycles. The summed E-state index contributed by atoms with van der Waals surface area (Å²) < 4.78 is 0. The molecule has 0 heterocycles. The van der Waals surface area contributed by atoms with Crippen LogP contribution in [0.25, 0.3) is 0 Å². The Morgan fingerprint density at radius 2 is 1.06 bits per heavy atom. The van der Waals surface area contributed by atoms with Crippen molar-refractivity contribution >= 4 is 59.5 Å². The van der Waals surface area contributed by atoms with Gasteiger partial charge in [-0.15, -0.1) is 0 Å². The normalized spacial score (nSPS) is 13.5. The van der Waals surface area contributed by atoms with E-state index in [4.69, 9.17) is 5.11 Å². The second kappa shape index (κ2) is 26.6. The lowest BCUT2D eigenvalue weighted by Crippen LogP contribution is -2.44. The molecule has 0 spiro atoms. The molecule has 5 amide bonds. The molecule has 0 radical (unpaired) electrons. The Morgan fingerprint density at radius 3 is 1.50 bits per heavy atom. The van der Waals surface area contributed by atoms with Gasteiger partial charge in [0.15, 0.2) is 5.78 Å². The molecule has 0 aromatic heterocycles. The van der Waals surface area contributed by atoms with Gasteiger partial charge in [0.05, 0.1) is 12.1 Å². The molecule has 0 aliphatic rings. The number of ketones is 1. The molecule has 292 valence electrons. The van der Waals surface area contributed by atoms with Crippen molar-refractivity contribution < 1.29 is 63.3 Å². The van der Waals surface area contributed by atoms with Crippen LogP contribution in [0.1, 0.15) is 90.9 Å².